The number of hydrogen-bond donors (Lipinski definition) is 1. The molecule has 2 heterocycles. The van der Waals surface area contributed by atoms with Crippen LogP contribution in [0.1, 0.15) is 48.0 Å². The van der Waals surface area contributed by atoms with Crippen LogP contribution in [0.15, 0.2) is 42.5 Å². The molecule has 1 saturated carbocycles. The largest absolute Gasteiger partial charge is 0.478 e. The number of benzene rings is 1. The minimum Gasteiger partial charge on any atom is -0.478 e. The molecule has 2 aromatic rings. The van der Waals surface area contributed by atoms with Crippen molar-refractivity contribution in [1.29, 1.82) is 0 Å². The van der Waals surface area contributed by atoms with E-state index in [0.29, 0.717) is 36.8 Å². The topological polar surface area (TPSA) is 83.0 Å². The number of pyridine rings is 1. The number of carbonyl (C=O) groups is 2. The zero-order chi connectivity index (χ0) is 27.7. The Labute approximate surface area is 224 Å². The van der Waals surface area contributed by atoms with Crippen molar-refractivity contribution in [2.24, 2.45) is 11.3 Å². The quantitative estimate of drug-likeness (QED) is 0.379. The van der Waals surface area contributed by atoms with Gasteiger partial charge in [-0.05, 0) is 49.5 Å². The van der Waals surface area contributed by atoms with Crippen molar-refractivity contribution in [3.8, 4) is 5.88 Å². The van der Waals surface area contributed by atoms with Gasteiger partial charge in [0.05, 0.1) is 12.2 Å². The fourth-order valence-electron chi connectivity index (χ4n) is 5.33. The fraction of sp³-hybridized carbons (Fsp3) is 0.519. The Morgan fingerprint density at radius 2 is 1.82 bits per heavy atom. The Morgan fingerprint density at radius 3 is 2.39 bits per heavy atom. The second-order valence-corrected chi connectivity index (χ2v) is 10.7. The van der Waals surface area contributed by atoms with Crippen molar-refractivity contribution in [1.82, 2.24) is 14.8 Å². The average molecular weight is 554 g/mol. The molecular formula is C27H31ClF3N3O4. The molecule has 7 nitrogen and oxygen atoms in total. The summed E-state index contributed by atoms with van der Waals surface area (Å²) < 4.78 is 47.4. The van der Waals surface area contributed by atoms with E-state index in [-0.39, 0.29) is 29.6 Å². The highest BCUT2D eigenvalue weighted by Crippen LogP contribution is 2.61. The van der Waals surface area contributed by atoms with Crippen molar-refractivity contribution in [3.63, 3.8) is 0 Å². The van der Waals surface area contributed by atoms with Crippen LogP contribution >= 0.6 is 11.6 Å². The molecule has 1 aliphatic heterocycles. The summed E-state index contributed by atoms with van der Waals surface area (Å²) in [5.74, 6) is -0.820. The molecule has 1 aromatic heterocycles. The van der Waals surface area contributed by atoms with Gasteiger partial charge in [-0.2, -0.15) is 13.2 Å². The van der Waals surface area contributed by atoms with Gasteiger partial charge in [-0.15, -0.1) is 0 Å². The number of ether oxygens (including phenoxy) is 1. The van der Waals surface area contributed by atoms with Gasteiger partial charge in [0.1, 0.15) is 5.15 Å². The first-order valence-corrected chi connectivity index (χ1v) is 12.9. The van der Waals surface area contributed by atoms with Crippen molar-refractivity contribution < 1.29 is 32.6 Å². The molecule has 1 saturated heterocycles. The molecule has 2 amide bonds. The van der Waals surface area contributed by atoms with Crippen LogP contribution in [0.3, 0.4) is 0 Å². The van der Waals surface area contributed by atoms with E-state index in [1.807, 2.05) is 0 Å². The first kappa shape index (κ1) is 28.2. The summed E-state index contributed by atoms with van der Waals surface area (Å²) in [5, 5.41) is 10.7. The monoisotopic (exact) mass is 553 g/mol. The van der Waals surface area contributed by atoms with Gasteiger partial charge in [-0.1, -0.05) is 41.9 Å². The van der Waals surface area contributed by atoms with Crippen LogP contribution in [0.25, 0.3) is 0 Å². The van der Waals surface area contributed by atoms with Gasteiger partial charge in [0.25, 0.3) is 17.4 Å². The lowest BCUT2D eigenvalue weighted by atomic mass is 9.86. The van der Waals surface area contributed by atoms with Crippen molar-refractivity contribution in [2.75, 3.05) is 33.8 Å². The molecular weight excluding hydrogens is 523 g/mol. The Morgan fingerprint density at radius 1 is 1.16 bits per heavy atom. The van der Waals surface area contributed by atoms with E-state index < -0.39 is 23.2 Å². The molecule has 4 rings (SSSR count). The number of aliphatic hydroxyl groups is 1. The second-order valence-electron chi connectivity index (χ2n) is 10.3. The number of alkyl halides is 3. The van der Waals surface area contributed by atoms with Gasteiger partial charge < -0.3 is 19.6 Å². The number of amides is 2. The van der Waals surface area contributed by atoms with Crippen LogP contribution in [0.2, 0.25) is 5.15 Å². The highest BCUT2D eigenvalue weighted by Gasteiger charge is 2.63. The van der Waals surface area contributed by atoms with E-state index in [0.717, 1.165) is 36.3 Å². The molecule has 206 valence electrons. The third-order valence-corrected chi connectivity index (χ3v) is 8.01. The summed E-state index contributed by atoms with van der Waals surface area (Å²) in [6.07, 6.45) is -1.33. The first-order chi connectivity index (χ1) is 17.9. The Balaban J connectivity index is 1.26. The summed E-state index contributed by atoms with van der Waals surface area (Å²) in [4.78, 5) is 31.7. The summed E-state index contributed by atoms with van der Waals surface area (Å²) in [7, 11) is 3.25. The number of hydrogen-bond acceptors (Lipinski definition) is 5. The normalized spacial score (nSPS) is 20.1. The molecule has 1 unspecified atom stereocenters. The number of piperidine rings is 1. The van der Waals surface area contributed by atoms with Gasteiger partial charge in [0, 0.05) is 38.8 Å². The molecule has 2 aliphatic rings. The van der Waals surface area contributed by atoms with E-state index in [2.05, 4.69) is 4.98 Å². The van der Waals surface area contributed by atoms with Gasteiger partial charge in [-0.3, -0.25) is 9.59 Å². The van der Waals surface area contributed by atoms with Gasteiger partial charge in [0.15, 0.2) is 0 Å². The Hall–Kier alpha value is -2.85. The average Bonchev–Trinajstić information content (AvgIpc) is 3.56. The van der Waals surface area contributed by atoms with Crippen LogP contribution in [-0.2, 0) is 10.4 Å². The number of nitrogens with zero attached hydrogens (tertiary/aromatic N) is 3. The standard InChI is InChI=1S/C27H31ClF3N3O4/c1-33(2)23(35)20-10-11-21(32-22(20)28)38-16-6-9-19-17-25(19)12-14-34(15-13-25)24(36)26(37,27(29,30)31)18-7-4-3-5-8-18/h3-5,7-8,10-11,19,37H,6,9,12-17H2,1-2H3/t19-,26?/m0/s1. The molecule has 1 aromatic carbocycles. The SMILES string of the molecule is CN(C)C(=O)c1ccc(OCCC[C@H]2CC23CCN(C(=O)C(O)(c2ccccc2)C(F)(F)F)CC3)nc1Cl. The highest BCUT2D eigenvalue weighted by molar-refractivity contribution is 6.32. The van der Waals surface area contributed by atoms with Crippen LogP contribution in [0.4, 0.5) is 13.2 Å². The van der Waals surface area contributed by atoms with Crippen LogP contribution in [0, 0.1) is 11.3 Å². The van der Waals surface area contributed by atoms with Gasteiger partial charge in [-0.25, -0.2) is 4.98 Å². The molecule has 1 spiro atoms. The van der Waals surface area contributed by atoms with Crippen molar-refractivity contribution >= 4 is 23.4 Å². The lowest BCUT2D eigenvalue weighted by Crippen LogP contribution is -2.57. The molecule has 11 heteroatoms. The third kappa shape index (κ3) is 5.47. The maximum Gasteiger partial charge on any atom is 0.430 e. The van der Waals surface area contributed by atoms with E-state index >= 15 is 0 Å². The molecule has 0 bridgehead atoms. The van der Waals surface area contributed by atoms with E-state index in [4.69, 9.17) is 16.3 Å². The number of likely N-dealkylation sites (tertiary alicyclic amines) is 1. The zero-order valence-corrected chi connectivity index (χ0v) is 22.1. The minimum atomic E-state index is -5.13. The summed E-state index contributed by atoms with van der Waals surface area (Å²) in [5.41, 5.74) is -3.72. The number of carbonyl (C=O) groups excluding carboxylic acids is 2. The predicted octanol–water partition coefficient (Wildman–Crippen LogP) is 4.67. The smallest absolute Gasteiger partial charge is 0.430 e. The zero-order valence-electron chi connectivity index (χ0n) is 21.3. The fourth-order valence-corrected chi connectivity index (χ4v) is 5.56. The molecule has 2 fully saturated rings. The first-order valence-electron chi connectivity index (χ1n) is 12.5. The maximum atomic E-state index is 13.9. The summed E-state index contributed by atoms with van der Waals surface area (Å²) in [6.45, 7) is 0.770. The predicted molar refractivity (Wildman–Crippen MR) is 135 cm³/mol. The number of rotatable bonds is 8. The van der Waals surface area contributed by atoms with E-state index in [1.54, 1.807) is 26.2 Å². The summed E-state index contributed by atoms with van der Waals surface area (Å²) >= 11 is 6.12. The molecule has 2 atom stereocenters. The third-order valence-electron chi connectivity index (χ3n) is 7.72. The van der Waals surface area contributed by atoms with E-state index in [1.165, 1.54) is 23.1 Å². The maximum absolute atomic E-state index is 13.9. The molecule has 1 aliphatic carbocycles. The Kier molecular flexibility index (Phi) is 7.95. The highest BCUT2D eigenvalue weighted by atomic mass is 35.5. The molecule has 38 heavy (non-hydrogen) atoms. The lowest BCUT2D eigenvalue weighted by Gasteiger charge is -2.39. The summed E-state index contributed by atoms with van der Waals surface area (Å²) in [6, 6.07) is 9.70. The van der Waals surface area contributed by atoms with Crippen molar-refractivity contribution in [3.05, 3.63) is 58.7 Å². The molecule has 0 radical (unpaired) electrons. The number of halogens is 4. The Bertz CT molecular complexity index is 1170. The second kappa shape index (κ2) is 10.7. The lowest BCUT2D eigenvalue weighted by molar-refractivity contribution is -0.262. The van der Waals surface area contributed by atoms with Crippen molar-refractivity contribution in [2.45, 2.75) is 43.9 Å². The number of aromatic nitrogens is 1. The van der Waals surface area contributed by atoms with Gasteiger partial charge in [0.2, 0.25) is 5.88 Å². The van der Waals surface area contributed by atoms with E-state index in [9.17, 15) is 27.9 Å². The van der Waals surface area contributed by atoms with Crippen LogP contribution < -0.4 is 4.74 Å². The van der Waals surface area contributed by atoms with Crippen LogP contribution in [0.5, 0.6) is 5.88 Å². The molecule has 1 N–H and O–H groups in total. The minimum absolute atomic E-state index is 0.0234. The van der Waals surface area contributed by atoms with Crippen LogP contribution in [-0.4, -0.2) is 71.7 Å². The van der Waals surface area contributed by atoms with Gasteiger partial charge >= 0.3 is 6.18 Å².